The summed E-state index contributed by atoms with van der Waals surface area (Å²) in [5.74, 6) is -0.378. The van der Waals surface area contributed by atoms with Crippen molar-refractivity contribution >= 4 is 12.0 Å². The van der Waals surface area contributed by atoms with Crippen LogP contribution < -0.4 is 10.6 Å². The number of amides is 2. The van der Waals surface area contributed by atoms with Gasteiger partial charge in [-0.1, -0.05) is 30.3 Å². The molecule has 2 unspecified atom stereocenters. The van der Waals surface area contributed by atoms with Crippen LogP contribution >= 0.6 is 0 Å². The number of ether oxygens (including phenoxy) is 1. The van der Waals surface area contributed by atoms with Crippen LogP contribution in [0.1, 0.15) is 18.4 Å². The first-order chi connectivity index (χ1) is 10.1. The lowest BCUT2D eigenvalue weighted by Crippen LogP contribution is -2.51. The van der Waals surface area contributed by atoms with Crippen LogP contribution in [0.4, 0.5) is 4.79 Å². The van der Waals surface area contributed by atoms with Crippen LogP contribution in [0.15, 0.2) is 30.3 Å². The van der Waals surface area contributed by atoms with Gasteiger partial charge in [-0.2, -0.15) is 0 Å². The lowest BCUT2D eigenvalue weighted by molar-refractivity contribution is -0.130. The van der Waals surface area contributed by atoms with Gasteiger partial charge in [0.15, 0.2) is 6.10 Å². The third kappa shape index (κ3) is 4.46. The van der Waals surface area contributed by atoms with Gasteiger partial charge >= 0.3 is 6.09 Å². The van der Waals surface area contributed by atoms with Crippen molar-refractivity contribution in [2.24, 2.45) is 5.92 Å². The summed E-state index contributed by atoms with van der Waals surface area (Å²) in [5, 5.41) is 14.9. The van der Waals surface area contributed by atoms with E-state index in [-0.39, 0.29) is 12.5 Å². The highest BCUT2D eigenvalue weighted by molar-refractivity contribution is 5.82. The quantitative estimate of drug-likeness (QED) is 0.723. The Bertz CT molecular complexity index is 488. The standard InChI is InChI=1S/C15H20N2O4/c1-16-14(19)13(18)12(11-7-8-11)17-15(20)21-9-10-5-3-2-4-6-10/h2-6,11-13,18H,7-9H2,1H3,(H,16,19)(H,17,20). The molecule has 1 aliphatic rings. The van der Waals surface area contributed by atoms with E-state index in [0.717, 1.165) is 18.4 Å². The van der Waals surface area contributed by atoms with Crippen LogP contribution in [0.25, 0.3) is 0 Å². The number of carbonyl (C=O) groups excluding carboxylic acids is 2. The molecule has 0 aliphatic heterocycles. The van der Waals surface area contributed by atoms with Gasteiger partial charge in [-0.25, -0.2) is 4.79 Å². The number of alkyl carbamates (subject to hydrolysis) is 1. The molecule has 1 saturated carbocycles. The smallest absolute Gasteiger partial charge is 0.407 e. The first-order valence-electron chi connectivity index (χ1n) is 6.98. The van der Waals surface area contributed by atoms with E-state index >= 15 is 0 Å². The van der Waals surface area contributed by atoms with E-state index in [1.165, 1.54) is 7.05 Å². The average Bonchev–Trinajstić information content (AvgIpc) is 3.35. The van der Waals surface area contributed by atoms with Crippen LogP contribution in [0, 0.1) is 5.92 Å². The van der Waals surface area contributed by atoms with Gasteiger partial charge in [-0.15, -0.1) is 0 Å². The lowest BCUT2D eigenvalue weighted by atomic mass is 10.1. The van der Waals surface area contributed by atoms with Gasteiger partial charge in [0.05, 0.1) is 6.04 Å². The highest BCUT2D eigenvalue weighted by Crippen LogP contribution is 2.34. The van der Waals surface area contributed by atoms with Gasteiger partial charge in [-0.3, -0.25) is 4.79 Å². The fraction of sp³-hybridized carbons (Fsp3) is 0.467. The maximum atomic E-state index is 11.8. The summed E-state index contributed by atoms with van der Waals surface area (Å²) >= 11 is 0. The molecule has 6 nitrogen and oxygen atoms in total. The Hall–Kier alpha value is -2.08. The average molecular weight is 292 g/mol. The summed E-state index contributed by atoms with van der Waals surface area (Å²) in [4.78, 5) is 23.3. The Morgan fingerprint density at radius 3 is 2.57 bits per heavy atom. The number of benzene rings is 1. The highest BCUT2D eigenvalue weighted by Gasteiger charge is 2.40. The predicted octanol–water partition coefficient (Wildman–Crippen LogP) is 0.798. The SMILES string of the molecule is CNC(=O)C(O)C(NC(=O)OCc1ccccc1)C1CC1. The van der Waals surface area contributed by atoms with E-state index in [0.29, 0.717) is 0 Å². The predicted molar refractivity (Wildman–Crippen MR) is 76.3 cm³/mol. The zero-order valence-electron chi connectivity index (χ0n) is 11.9. The Labute approximate surface area is 123 Å². The molecule has 2 amide bonds. The molecule has 0 aromatic heterocycles. The van der Waals surface area contributed by atoms with E-state index in [2.05, 4.69) is 10.6 Å². The minimum Gasteiger partial charge on any atom is -0.445 e. The van der Waals surface area contributed by atoms with Gasteiger partial charge in [0.2, 0.25) is 0 Å². The second-order valence-corrected chi connectivity index (χ2v) is 5.13. The van der Waals surface area contributed by atoms with E-state index in [1.54, 1.807) is 0 Å². The van der Waals surface area contributed by atoms with Crippen LogP contribution in [0.5, 0.6) is 0 Å². The number of nitrogens with one attached hydrogen (secondary N) is 2. The zero-order chi connectivity index (χ0) is 15.2. The molecule has 6 heteroatoms. The van der Waals surface area contributed by atoms with E-state index in [4.69, 9.17) is 4.74 Å². The first-order valence-corrected chi connectivity index (χ1v) is 6.98. The molecule has 3 N–H and O–H groups in total. The largest absolute Gasteiger partial charge is 0.445 e. The third-order valence-corrected chi connectivity index (χ3v) is 3.48. The maximum Gasteiger partial charge on any atom is 0.407 e. The molecular formula is C15H20N2O4. The summed E-state index contributed by atoms with van der Waals surface area (Å²) in [7, 11) is 1.45. The molecule has 0 spiro atoms. The number of rotatable bonds is 6. The summed E-state index contributed by atoms with van der Waals surface area (Å²) in [6.07, 6.45) is -0.111. The number of hydrogen-bond donors (Lipinski definition) is 3. The molecule has 21 heavy (non-hydrogen) atoms. The lowest BCUT2D eigenvalue weighted by Gasteiger charge is -2.22. The molecule has 2 rings (SSSR count). The third-order valence-electron chi connectivity index (χ3n) is 3.48. The topological polar surface area (TPSA) is 87.7 Å². The fourth-order valence-corrected chi connectivity index (χ4v) is 2.12. The summed E-state index contributed by atoms with van der Waals surface area (Å²) in [6.45, 7) is 0.153. The molecule has 1 aromatic carbocycles. The van der Waals surface area contributed by atoms with Crippen molar-refractivity contribution in [3.8, 4) is 0 Å². The van der Waals surface area contributed by atoms with Crippen LogP contribution in [-0.4, -0.2) is 36.3 Å². The molecule has 0 saturated heterocycles. The van der Waals surface area contributed by atoms with Crippen molar-refractivity contribution in [1.82, 2.24) is 10.6 Å². The van der Waals surface area contributed by atoms with Crippen LogP contribution in [0.3, 0.4) is 0 Å². The van der Waals surface area contributed by atoms with Gasteiger partial charge in [-0.05, 0) is 24.3 Å². The number of carbonyl (C=O) groups is 2. The monoisotopic (exact) mass is 292 g/mol. The van der Waals surface area contributed by atoms with Gasteiger partial charge in [0.1, 0.15) is 6.61 Å². The van der Waals surface area contributed by atoms with Crippen LogP contribution in [-0.2, 0) is 16.1 Å². The molecule has 1 aromatic rings. The van der Waals surface area contributed by atoms with Gasteiger partial charge < -0.3 is 20.5 Å². The summed E-state index contributed by atoms with van der Waals surface area (Å²) < 4.78 is 5.11. The number of hydrogen-bond acceptors (Lipinski definition) is 4. The van der Waals surface area contributed by atoms with Crippen molar-refractivity contribution < 1.29 is 19.4 Å². The second-order valence-electron chi connectivity index (χ2n) is 5.13. The minimum atomic E-state index is -1.26. The summed E-state index contributed by atoms with van der Waals surface area (Å²) in [5.41, 5.74) is 0.877. The fourth-order valence-electron chi connectivity index (χ4n) is 2.12. The number of aliphatic hydroxyl groups excluding tert-OH is 1. The molecule has 0 heterocycles. The Balaban J connectivity index is 1.85. The Morgan fingerprint density at radius 1 is 1.33 bits per heavy atom. The van der Waals surface area contributed by atoms with E-state index in [9.17, 15) is 14.7 Å². The first kappa shape index (κ1) is 15.3. The second kappa shape index (κ2) is 7.08. The Morgan fingerprint density at radius 2 is 2.00 bits per heavy atom. The van der Waals surface area contributed by atoms with Gasteiger partial charge in [0, 0.05) is 7.05 Å². The number of likely N-dealkylation sites (N-methyl/N-ethyl adjacent to an activating group) is 1. The zero-order valence-corrected chi connectivity index (χ0v) is 11.9. The minimum absolute atomic E-state index is 0.126. The van der Waals surface area contributed by atoms with Crippen molar-refractivity contribution in [2.75, 3.05) is 7.05 Å². The van der Waals surface area contributed by atoms with E-state index in [1.807, 2.05) is 30.3 Å². The van der Waals surface area contributed by atoms with Crippen molar-refractivity contribution in [1.29, 1.82) is 0 Å². The molecule has 114 valence electrons. The summed E-state index contributed by atoms with van der Waals surface area (Å²) in [6, 6.07) is 8.70. The molecule has 2 atom stereocenters. The molecule has 1 fully saturated rings. The Kier molecular flexibility index (Phi) is 5.16. The molecule has 0 bridgehead atoms. The molecule has 1 aliphatic carbocycles. The normalized spacial score (nSPS) is 16.7. The van der Waals surface area contributed by atoms with Crippen LogP contribution in [0.2, 0.25) is 0 Å². The van der Waals surface area contributed by atoms with Crippen molar-refractivity contribution in [3.05, 3.63) is 35.9 Å². The number of aliphatic hydroxyl groups is 1. The molecule has 0 radical (unpaired) electrons. The van der Waals surface area contributed by atoms with E-state index < -0.39 is 24.1 Å². The van der Waals surface area contributed by atoms with Crippen molar-refractivity contribution in [3.63, 3.8) is 0 Å². The maximum absolute atomic E-state index is 11.8. The van der Waals surface area contributed by atoms with Gasteiger partial charge in [0.25, 0.3) is 5.91 Å². The highest BCUT2D eigenvalue weighted by atomic mass is 16.5. The van der Waals surface area contributed by atoms with Crippen molar-refractivity contribution in [2.45, 2.75) is 31.6 Å². The molecular weight excluding hydrogens is 272 g/mol.